The zero-order valence-electron chi connectivity index (χ0n) is 6.92. The molecule has 1 rings (SSSR count). The van der Waals surface area contributed by atoms with Gasteiger partial charge in [-0.25, -0.2) is 0 Å². The first-order valence-electron chi connectivity index (χ1n) is 3.58. The first kappa shape index (κ1) is 10.8. The number of benzene rings is 1. The lowest BCUT2D eigenvalue weighted by Gasteiger charge is -2.06. The summed E-state index contributed by atoms with van der Waals surface area (Å²) in [7, 11) is 0. The number of halogens is 2. The molecule has 0 radical (unpaired) electrons. The Morgan fingerprint density at radius 3 is 2.64 bits per heavy atom. The summed E-state index contributed by atoms with van der Waals surface area (Å²) < 4.78 is 5.63. The van der Waals surface area contributed by atoms with Crippen LogP contribution in [0.15, 0.2) is 16.6 Å². The largest absolute Gasteiger partial charge is 0.476 e. The van der Waals surface area contributed by atoms with Gasteiger partial charge in [-0.15, -0.1) is 0 Å². The van der Waals surface area contributed by atoms with E-state index in [4.69, 9.17) is 26.9 Å². The van der Waals surface area contributed by atoms with E-state index >= 15 is 0 Å². The molecule has 70 valence electrons. The highest BCUT2D eigenvalue weighted by Crippen LogP contribution is 2.34. The third-order valence-corrected chi connectivity index (χ3v) is 2.28. The number of nitriles is 2. The molecular weight excluding hydrogens is 267 g/mol. The zero-order valence-corrected chi connectivity index (χ0v) is 9.26. The fourth-order valence-corrected chi connectivity index (χ4v) is 1.83. The summed E-state index contributed by atoms with van der Waals surface area (Å²) in [5.74, 6) is 0.382. The quantitative estimate of drug-likeness (QED) is 0.831. The summed E-state index contributed by atoms with van der Waals surface area (Å²) >= 11 is 9.03. The Kier molecular flexibility index (Phi) is 3.76. The number of rotatable bonds is 2. The van der Waals surface area contributed by atoms with Gasteiger partial charge < -0.3 is 4.74 Å². The smallest absolute Gasteiger partial charge is 0.174 e. The molecule has 14 heavy (non-hydrogen) atoms. The molecule has 0 aliphatic rings. The Morgan fingerprint density at radius 1 is 1.43 bits per heavy atom. The van der Waals surface area contributed by atoms with E-state index in [0.29, 0.717) is 20.8 Å². The number of hydrogen-bond donors (Lipinski definition) is 0. The minimum atomic E-state index is -0.0791. The van der Waals surface area contributed by atoms with Crippen molar-refractivity contribution in [2.75, 3.05) is 6.61 Å². The molecule has 0 heterocycles. The van der Waals surface area contributed by atoms with Crippen molar-refractivity contribution in [1.82, 2.24) is 0 Å². The molecule has 0 N–H and O–H groups in total. The summed E-state index contributed by atoms with van der Waals surface area (Å²) in [6, 6.07) is 6.86. The Hall–Kier alpha value is -1.23. The van der Waals surface area contributed by atoms with E-state index in [9.17, 15) is 0 Å². The first-order chi connectivity index (χ1) is 6.69. The Balaban J connectivity index is 3.08. The fourth-order valence-electron chi connectivity index (χ4n) is 0.867. The predicted molar refractivity (Wildman–Crippen MR) is 55.0 cm³/mol. The van der Waals surface area contributed by atoms with Gasteiger partial charge in [-0.2, -0.15) is 10.5 Å². The molecule has 0 aliphatic carbocycles. The molecule has 0 amide bonds. The van der Waals surface area contributed by atoms with Crippen LogP contribution in [0.25, 0.3) is 0 Å². The van der Waals surface area contributed by atoms with E-state index in [2.05, 4.69) is 15.9 Å². The van der Waals surface area contributed by atoms with Crippen LogP contribution in [0.2, 0.25) is 5.02 Å². The van der Waals surface area contributed by atoms with Gasteiger partial charge in [-0.05, 0) is 28.1 Å². The standard InChI is InChI=1S/C9H4BrClN2O/c10-7-3-6(5-13)4-8(11)9(7)14-2-1-12/h3-4H,2H2. The third kappa shape index (κ3) is 2.38. The summed E-state index contributed by atoms with van der Waals surface area (Å²) in [6.45, 7) is -0.0791. The van der Waals surface area contributed by atoms with Crippen LogP contribution < -0.4 is 4.74 Å². The molecule has 0 aromatic heterocycles. The minimum absolute atomic E-state index is 0.0791. The second-order valence-electron chi connectivity index (χ2n) is 2.33. The highest BCUT2D eigenvalue weighted by molar-refractivity contribution is 9.10. The molecule has 1 aromatic rings. The van der Waals surface area contributed by atoms with Crippen molar-refractivity contribution < 1.29 is 4.74 Å². The number of ether oxygens (including phenoxy) is 1. The molecule has 5 heteroatoms. The van der Waals surface area contributed by atoms with Crippen molar-refractivity contribution in [3.8, 4) is 17.9 Å². The molecular formula is C9H4BrClN2O. The molecule has 0 aliphatic heterocycles. The van der Waals surface area contributed by atoms with Crippen LogP contribution in [0, 0.1) is 22.7 Å². The van der Waals surface area contributed by atoms with E-state index in [-0.39, 0.29) is 6.61 Å². The number of nitrogens with zero attached hydrogens (tertiary/aromatic N) is 2. The van der Waals surface area contributed by atoms with Crippen molar-refractivity contribution in [3.63, 3.8) is 0 Å². The fraction of sp³-hybridized carbons (Fsp3) is 0.111. The molecule has 0 spiro atoms. The average molecular weight is 272 g/mol. The summed E-state index contributed by atoms with van der Waals surface area (Å²) in [4.78, 5) is 0. The average Bonchev–Trinajstić information content (AvgIpc) is 2.16. The van der Waals surface area contributed by atoms with E-state index in [1.807, 2.05) is 12.1 Å². The first-order valence-corrected chi connectivity index (χ1v) is 4.75. The Morgan fingerprint density at radius 2 is 2.14 bits per heavy atom. The minimum Gasteiger partial charge on any atom is -0.476 e. The summed E-state index contributed by atoms with van der Waals surface area (Å²) in [5, 5.41) is 17.3. The predicted octanol–water partition coefficient (Wildman–Crippen LogP) is 2.88. The van der Waals surface area contributed by atoms with Crippen molar-refractivity contribution in [2.24, 2.45) is 0 Å². The maximum atomic E-state index is 8.63. The van der Waals surface area contributed by atoms with Gasteiger partial charge in [0.1, 0.15) is 6.07 Å². The van der Waals surface area contributed by atoms with Crippen LogP contribution >= 0.6 is 27.5 Å². The molecule has 3 nitrogen and oxygen atoms in total. The van der Waals surface area contributed by atoms with Crippen molar-refractivity contribution in [3.05, 3.63) is 27.2 Å². The van der Waals surface area contributed by atoms with Gasteiger partial charge in [-0.3, -0.25) is 0 Å². The maximum absolute atomic E-state index is 8.63. The summed E-state index contributed by atoms with van der Waals surface area (Å²) in [5.41, 5.74) is 0.436. The van der Waals surface area contributed by atoms with Gasteiger partial charge >= 0.3 is 0 Å². The molecule has 1 aromatic carbocycles. The zero-order chi connectivity index (χ0) is 10.6. The van der Waals surface area contributed by atoms with E-state index in [1.54, 1.807) is 6.07 Å². The van der Waals surface area contributed by atoms with Crippen LogP contribution in [0.4, 0.5) is 0 Å². The molecule has 0 atom stereocenters. The van der Waals surface area contributed by atoms with Gasteiger partial charge in [0.2, 0.25) is 0 Å². The van der Waals surface area contributed by atoms with Gasteiger partial charge in [0.05, 0.1) is 21.1 Å². The van der Waals surface area contributed by atoms with Crippen LogP contribution in [0.3, 0.4) is 0 Å². The van der Waals surface area contributed by atoms with Gasteiger partial charge in [0, 0.05) is 0 Å². The lowest BCUT2D eigenvalue weighted by molar-refractivity contribution is 0.366. The van der Waals surface area contributed by atoms with Crippen LogP contribution in [0.1, 0.15) is 5.56 Å². The van der Waals surface area contributed by atoms with Crippen LogP contribution in [0.5, 0.6) is 5.75 Å². The van der Waals surface area contributed by atoms with E-state index < -0.39 is 0 Å². The Labute approximate surface area is 94.6 Å². The number of hydrogen-bond acceptors (Lipinski definition) is 3. The highest BCUT2D eigenvalue weighted by atomic mass is 79.9. The second kappa shape index (κ2) is 4.85. The van der Waals surface area contributed by atoms with E-state index in [1.165, 1.54) is 6.07 Å². The van der Waals surface area contributed by atoms with Gasteiger partial charge in [-0.1, -0.05) is 11.6 Å². The van der Waals surface area contributed by atoms with Crippen LogP contribution in [-0.2, 0) is 0 Å². The molecule has 0 unspecified atom stereocenters. The monoisotopic (exact) mass is 270 g/mol. The molecule has 0 fully saturated rings. The lowest BCUT2D eigenvalue weighted by atomic mass is 10.2. The van der Waals surface area contributed by atoms with Gasteiger partial charge in [0.15, 0.2) is 12.4 Å². The summed E-state index contributed by atoms with van der Waals surface area (Å²) in [6.07, 6.45) is 0. The van der Waals surface area contributed by atoms with Crippen LogP contribution in [-0.4, -0.2) is 6.61 Å². The molecule has 0 saturated carbocycles. The normalized spacial score (nSPS) is 8.86. The lowest BCUT2D eigenvalue weighted by Crippen LogP contribution is -1.95. The van der Waals surface area contributed by atoms with Crippen molar-refractivity contribution in [2.45, 2.75) is 0 Å². The SMILES string of the molecule is N#CCOc1c(Cl)cc(C#N)cc1Br. The highest BCUT2D eigenvalue weighted by Gasteiger charge is 2.08. The molecule has 0 bridgehead atoms. The second-order valence-corrected chi connectivity index (χ2v) is 3.59. The van der Waals surface area contributed by atoms with Crippen molar-refractivity contribution >= 4 is 27.5 Å². The maximum Gasteiger partial charge on any atom is 0.174 e. The van der Waals surface area contributed by atoms with Crippen molar-refractivity contribution in [1.29, 1.82) is 10.5 Å². The Bertz CT molecular complexity index is 410. The van der Waals surface area contributed by atoms with E-state index in [0.717, 1.165) is 0 Å². The third-order valence-electron chi connectivity index (χ3n) is 1.41. The topological polar surface area (TPSA) is 56.8 Å². The van der Waals surface area contributed by atoms with Gasteiger partial charge in [0.25, 0.3) is 0 Å². The molecule has 0 saturated heterocycles.